The standard InChI is InChI=1S/C32H41ClN2O4S.C4H10S/c1-20-5-3-7-29(36)26-11-8-24(26)17-35-18-32(14-4-6-22-15-25(33)10-12-27(22)32)19-39-30-13-9-23(16-28(30)35)31(37)34-40(38)21(20)2;1-3-4-5-2/h9-10,12-13,15-16,20-21,24,26,29,36H,3-8,11,14,17-19H2,1-2H3,(H,34,37);3-4H2,1-2H3/t20?,21?,24?,26?,29?,32-,40?;/m0./s1. The van der Waals surface area contributed by atoms with Crippen LogP contribution in [0.25, 0.3) is 0 Å². The molecule has 1 amide bonds. The summed E-state index contributed by atoms with van der Waals surface area (Å²) in [7, 11) is -1.50. The Morgan fingerprint density at radius 3 is 2.67 bits per heavy atom. The van der Waals surface area contributed by atoms with Crippen LogP contribution in [0.4, 0.5) is 5.69 Å². The van der Waals surface area contributed by atoms with E-state index in [4.69, 9.17) is 16.3 Å². The maximum atomic E-state index is 13.3. The van der Waals surface area contributed by atoms with Gasteiger partial charge in [0.25, 0.3) is 5.91 Å². The Labute approximate surface area is 282 Å². The average Bonchev–Trinajstić information content (AvgIpc) is 3.15. The van der Waals surface area contributed by atoms with Crippen LogP contribution >= 0.6 is 23.4 Å². The van der Waals surface area contributed by atoms with E-state index in [1.54, 1.807) is 6.07 Å². The number of amides is 1. The van der Waals surface area contributed by atoms with E-state index in [1.807, 2.05) is 36.9 Å². The molecule has 1 spiro atoms. The first-order valence-electron chi connectivity index (χ1n) is 16.8. The van der Waals surface area contributed by atoms with Crippen molar-refractivity contribution in [3.63, 3.8) is 0 Å². The van der Waals surface area contributed by atoms with Gasteiger partial charge in [-0.05, 0) is 130 Å². The fourth-order valence-electron chi connectivity index (χ4n) is 7.62. The van der Waals surface area contributed by atoms with Crippen molar-refractivity contribution in [1.82, 2.24) is 4.72 Å². The predicted molar refractivity (Wildman–Crippen MR) is 189 cm³/mol. The van der Waals surface area contributed by atoms with Crippen molar-refractivity contribution in [2.24, 2.45) is 17.8 Å². The number of carbonyl (C=O) groups excluding carboxylic acids is 1. The van der Waals surface area contributed by atoms with Crippen LogP contribution < -0.4 is 14.4 Å². The Bertz CT molecular complexity index is 1360. The van der Waals surface area contributed by atoms with Crippen LogP contribution in [-0.4, -0.2) is 58.3 Å². The molecule has 2 heterocycles. The number of aliphatic hydroxyl groups is 1. The molecule has 2 bridgehead atoms. The second-order valence-electron chi connectivity index (χ2n) is 13.7. The summed E-state index contributed by atoms with van der Waals surface area (Å²) in [5, 5.41) is 11.8. The molecule has 0 aromatic heterocycles. The first-order valence-corrected chi connectivity index (χ1v) is 19.8. The van der Waals surface area contributed by atoms with Crippen LogP contribution in [0.1, 0.15) is 93.6 Å². The lowest BCUT2D eigenvalue weighted by atomic mass is 9.68. The van der Waals surface area contributed by atoms with Gasteiger partial charge in [0.15, 0.2) is 0 Å². The van der Waals surface area contributed by atoms with Gasteiger partial charge in [0.1, 0.15) is 16.7 Å². The Morgan fingerprint density at radius 1 is 1.13 bits per heavy atom. The van der Waals surface area contributed by atoms with Gasteiger partial charge in [-0.1, -0.05) is 37.9 Å². The normalized spacial score (nSPS) is 31.6. The van der Waals surface area contributed by atoms with Gasteiger partial charge in [-0.2, -0.15) is 11.8 Å². The zero-order chi connectivity index (χ0) is 32.1. The molecule has 1 fully saturated rings. The number of ether oxygens (including phenoxy) is 1. The van der Waals surface area contributed by atoms with E-state index in [0.717, 1.165) is 80.9 Å². The number of halogens is 1. The van der Waals surface area contributed by atoms with Crippen molar-refractivity contribution in [1.29, 1.82) is 0 Å². The summed E-state index contributed by atoms with van der Waals surface area (Å²) in [6, 6.07) is 11.9. The first kappa shape index (κ1) is 34.6. The van der Waals surface area contributed by atoms with Crippen LogP contribution in [0.15, 0.2) is 36.4 Å². The van der Waals surface area contributed by atoms with Crippen molar-refractivity contribution in [2.45, 2.75) is 95.3 Å². The molecule has 2 aromatic carbocycles. The lowest BCUT2D eigenvalue weighted by molar-refractivity contribution is 0.00857. The number of rotatable bonds is 2. The molecule has 248 valence electrons. The highest BCUT2D eigenvalue weighted by Gasteiger charge is 2.44. The minimum absolute atomic E-state index is 0.175. The minimum Gasteiger partial charge on any atom is -0.490 e. The van der Waals surface area contributed by atoms with E-state index in [9.17, 15) is 14.1 Å². The van der Waals surface area contributed by atoms with Crippen LogP contribution in [0.5, 0.6) is 5.75 Å². The topological polar surface area (TPSA) is 78.9 Å². The van der Waals surface area contributed by atoms with Crippen LogP contribution in [0, 0.1) is 17.8 Å². The molecule has 7 atom stereocenters. The Balaban J connectivity index is 0.000000743. The summed E-state index contributed by atoms with van der Waals surface area (Å²) in [6.45, 7) is 8.36. The molecule has 0 radical (unpaired) electrons. The van der Waals surface area contributed by atoms with Gasteiger partial charge in [-0.15, -0.1) is 0 Å². The van der Waals surface area contributed by atoms with Gasteiger partial charge in [-0.25, -0.2) is 4.21 Å². The third-order valence-corrected chi connectivity index (χ3v) is 13.2. The number of aryl methyl sites for hydroxylation is 1. The molecular formula is C36H51ClN2O4S2. The molecule has 1 saturated carbocycles. The highest BCUT2D eigenvalue weighted by atomic mass is 35.5. The zero-order valence-electron chi connectivity index (χ0n) is 27.4. The van der Waals surface area contributed by atoms with E-state index < -0.39 is 11.0 Å². The van der Waals surface area contributed by atoms with Gasteiger partial charge in [-0.3, -0.25) is 9.52 Å². The van der Waals surface area contributed by atoms with Crippen molar-refractivity contribution < 1.29 is 18.8 Å². The van der Waals surface area contributed by atoms with E-state index in [0.29, 0.717) is 18.1 Å². The highest BCUT2D eigenvalue weighted by Crippen LogP contribution is 2.47. The molecule has 0 saturated heterocycles. The Kier molecular flexibility index (Phi) is 11.9. The third kappa shape index (κ3) is 7.88. The first-order chi connectivity index (χ1) is 21.7. The fourth-order valence-corrected chi connectivity index (χ4v) is 9.27. The number of hydrogen-bond donors (Lipinski definition) is 2. The molecule has 2 aromatic rings. The minimum atomic E-state index is -1.50. The number of fused-ring (bicyclic) bond motifs is 4. The molecule has 9 heteroatoms. The van der Waals surface area contributed by atoms with E-state index >= 15 is 0 Å². The van der Waals surface area contributed by atoms with E-state index in [-0.39, 0.29) is 34.5 Å². The molecule has 4 aliphatic rings. The quantitative estimate of drug-likeness (QED) is 0.342. The monoisotopic (exact) mass is 674 g/mol. The maximum absolute atomic E-state index is 13.3. The van der Waals surface area contributed by atoms with E-state index in [2.05, 4.69) is 41.9 Å². The average molecular weight is 675 g/mol. The molecule has 2 N–H and O–H groups in total. The summed E-state index contributed by atoms with van der Waals surface area (Å²) in [6.07, 6.45) is 10.9. The number of nitrogens with one attached hydrogen (secondary N) is 1. The van der Waals surface area contributed by atoms with Gasteiger partial charge >= 0.3 is 0 Å². The van der Waals surface area contributed by atoms with Crippen molar-refractivity contribution in [3.8, 4) is 5.75 Å². The molecule has 2 aliphatic heterocycles. The van der Waals surface area contributed by atoms with Gasteiger partial charge < -0.3 is 14.7 Å². The summed E-state index contributed by atoms with van der Waals surface area (Å²) in [4.78, 5) is 15.7. The summed E-state index contributed by atoms with van der Waals surface area (Å²) < 4.78 is 22.4. The van der Waals surface area contributed by atoms with Crippen LogP contribution in [0.3, 0.4) is 0 Å². The number of benzene rings is 2. The summed E-state index contributed by atoms with van der Waals surface area (Å²) in [5.41, 5.74) is 3.82. The van der Waals surface area contributed by atoms with Gasteiger partial charge in [0.05, 0.1) is 23.6 Å². The fraction of sp³-hybridized carbons (Fsp3) is 0.639. The Hall–Kier alpha value is -1.74. The Morgan fingerprint density at radius 2 is 1.96 bits per heavy atom. The zero-order valence-corrected chi connectivity index (χ0v) is 29.7. The van der Waals surface area contributed by atoms with Crippen molar-refractivity contribution in [3.05, 3.63) is 58.1 Å². The second-order valence-corrected chi connectivity index (χ2v) is 16.7. The number of anilines is 1. The largest absolute Gasteiger partial charge is 0.490 e. The van der Waals surface area contributed by atoms with Crippen LogP contribution in [-0.2, 0) is 22.8 Å². The van der Waals surface area contributed by atoms with Crippen molar-refractivity contribution >= 4 is 45.9 Å². The smallest absolute Gasteiger partial charge is 0.263 e. The molecule has 2 aliphatic carbocycles. The van der Waals surface area contributed by atoms with Crippen LogP contribution in [0.2, 0.25) is 5.02 Å². The number of carbonyl (C=O) groups is 1. The van der Waals surface area contributed by atoms with Gasteiger partial charge in [0.2, 0.25) is 0 Å². The van der Waals surface area contributed by atoms with E-state index in [1.165, 1.54) is 23.3 Å². The lowest BCUT2D eigenvalue weighted by Gasteiger charge is -2.46. The third-order valence-electron chi connectivity index (χ3n) is 10.6. The second kappa shape index (κ2) is 15.4. The van der Waals surface area contributed by atoms with Crippen molar-refractivity contribution in [2.75, 3.05) is 36.6 Å². The summed E-state index contributed by atoms with van der Waals surface area (Å²) >= 11 is 8.30. The molecule has 6 rings (SSSR count). The maximum Gasteiger partial charge on any atom is 0.263 e. The highest BCUT2D eigenvalue weighted by molar-refractivity contribution is 7.98. The number of thioether (sulfide) groups is 1. The molecular weight excluding hydrogens is 624 g/mol. The molecule has 45 heavy (non-hydrogen) atoms. The predicted octanol–water partition coefficient (Wildman–Crippen LogP) is 7.56. The SMILES string of the molecule is CC1CCCC(O)C2CCC2CN2C[C@@]3(CCCc4cc(Cl)ccc43)COc3ccc(cc32)C(=O)NS(=O)C1C.CCCSC. The molecule has 6 nitrogen and oxygen atoms in total. The lowest BCUT2D eigenvalue weighted by Crippen LogP contribution is -2.49. The number of hydrogen-bond acceptors (Lipinski definition) is 6. The van der Waals surface area contributed by atoms with Gasteiger partial charge in [0, 0.05) is 29.1 Å². The summed E-state index contributed by atoms with van der Waals surface area (Å²) in [5.74, 6) is 2.61. The number of nitrogens with zero attached hydrogens (tertiary/aromatic N) is 1. The molecule has 6 unspecified atom stereocenters. The number of aliphatic hydroxyl groups excluding tert-OH is 1.